The van der Waals surface area contributed by atoms with Crippen LogP contribution in [-0.4, -0.2) is 48.6 Å². The summed E-state index contributed by atoms with van der Waals surface area (Å²) in [5.74, 6) is 0.306. The maximum Gasteiger partial charge on any atom is 0.170 e. The van der Waals surface area contributed by atoms with Gasteiger partial charge in [0.2, 0.25) is 0 Å². The van der Waals surface area contributed by atoms with E-state index < -0.39 is 0 Å². The van der Waals surface area contributed by atoms with Crippen molar-refractivity contribution in [2.75, 3.05) is 38.1 Å². The lowest BCUT2D eigenvalue weighted by molar-refractivity contribution is 0.310. The van der Waals surface area contributed by atoms with E-state index in [-0.39, 0.29) is 11.4 Å². The topological polar surface area (TPSA) is 31.4 Å². The first-order valence-electron chi connectivity index (χ1n) is 7.19. The molecule has 5 heteroatoms. The molecule has 1 N–H and O–H groups in total. The highest BCUT2D eigenvalue weighted by Gasteiger charge is 2.20. The summed E-state index contributed by atoms with van der Waals surface area (Å²) in [5, 5.41) is 3.32. The van der Waals surface area contributed by atoms with Gasteiger partial charge in [-0.15, -0.1) is 0 Å². The molecule has 2 rings (SSSR count). The Kier molecular flexibility index (Phi) is 4.60. The molecule has 112 valence electrons. The molecule has 1 aliphatic rings. The van der Waals surface area contributed by atoms with E-state index in [1.54, 1.807) is 12.3 Å². The van der Waals surface area contributed by atoms with Gasteiger partial charge in [0.15, 0.2) is 11.6 Å². The third-order valence-electron chi connectivity index (χ3n) is 3.56. The molecule has 1 aliphatic heterocycles. The Morgan fingerprint density at radius 3 is 2.50 bits per heavy atom. The van der Waals surface area contributed by atoms with Gasteiger partial charge in [0.05, 0.1) is 0 Å². The normalized spacial score (nSPS) is 17.6. The Morgan fingerprint density at radius 2 is 1.90 bits per heavy atom. The molecule has 1 fully saturated rings. The van der Waals surface area contributed by atoms with E-state index in [0.29, 0.717) is 17.9 Å². The van der Waals surface area contributed by atoms with Gasteiger partial charge in [-0.3, -0.25) is 0 Å². The van der Waals surface area contributed by atoms with E-state index in [9.17, 15) is 4.39 Å². The highest BCUT2D eigenvalue weighted by Crippen LogP contribution is 2.21. The van der Waals surface area contributed by atoms with Crippen LogP contribution in [0.4, 0.5) is 10.2 Å². The second kappa shape index (κ2) is 6.06. The Labute approximate surface area is 121 Å². The first-order chi connectivity index (χ1) is 9.37. The van der Waals surface area contributed by atoms with Gasteiger partial charge < -0.3 is 15.1 Å². The SMILES string of the molecule is CN1CCN(c2nccc(CNC(C)(C)C)c2F)CC1. The van der Waals surface area contributed by atoms with Gasteiger partial charge in [0.25, 0.3) is 0 Å². The number of nitrogens with zero attached hydrogens (tertiary/aromatic N) is 3. The van der Waals surface area contributed by atoms with Crippen molar-refractivity contribution in [3.05, 3.63) is 23.6 Å². The standard InChI is InChI=1S/C15H25FN4/c1-15(2,3)18-11-12-5-6-17-14(13(12)16)20-9-7-19(4)8-10-20/h5-6,18H,7-11H2,1-4H3. The molecule has 0 bridgehead atoms. The van der Waals surface area contributed by atoms with Crippen LogP contribution in [0.5, 0.6) is 0 Å². The molecule has 0 atom stereocenters. The van der Waals surface area contributed by atoms with Crippen molar-refractivity contribution in [2.45, 2.75) is 32.9 Å². The van der Waals surface area contributed by atoms with Gasteiger partial charge in [-0.1, -0.05) is 0 Å². The first kappa shape index (κ1) is 15.2. The van der Waals surface area contributed by atoms with E-state index in [1.807, 2.05) is 4.90 Å². The number of likely N-dealkylation sites (N-methyl/N-ethyl adjacent to an activating group) is 1. The molecule has 4 nitrogen and oxygen atoms in total. The monoisotopic (exact) mass is 280 g/mol. The molecule has 0 saturated carbocycles. The summed E-state index contributed by atoms with van der Waals surface area (Å²) in [7, 11) is 2.09. The summed E-state index contributed by atoms with van der Waals surface area (Å²) in [6.45, 7) is 10.3. The van der Waals surface area contributed by atoms with E-state index in [2.05, 4.69) is 43.0 Å². The summed E-state index contributed by atoms with van der Waals surface area (Å²) in [4.78, 5) is 8.52. The minimum Gasteiger partial charge on any atom is -0.352 e. The highest BCUT2D eigenvalue weighted by atomic mass is 19.1. The number of nitrogens with one attached hydrogen (secondary N) is 1. The maximum atomic E-state index is 14.6. The van der Waals surface area contributed by atoms with Crippen molar-refractivity contribution in [2.24, 2.45) is 0 Å². The minimum atomic E-state index is -0.186. The second-order valence-corrected chi connectivity index (χ2v) is 6.50. The van der Waals surface area contributed by atoms with Gasteiger partial charge in [0.1, 0.15) is 0 Å². The van der Waals surface area contributed by atoms with Gasteiger partial charge in [0, 0.05) is 50.0 Å². The van der Waals surface area contributed by atoms with Crippen LogP contribution in [0.15, 0.2) is 12.3 Å². The molecule has 0 unspecified atom stereocenters. The maximum absolute atomic E-state index is 14.6. The first-order valence-corrected chi connectivity index (χ1v) is 7.19. The van der Waals surface area contributed by atoms with Gasteiger partial charge in [-0.2, -0.15) is 0 Å². The predicted molar refractivity (Wildman–Crippen MR) is 80.5 cm³/mol. The number of pyridine rings is 1. The zero-order valence-corrected chi connectivity index (χ0v) is 12.9. The lowest BCUT2D eigenvalue weighted by atomic mass is 10.1. The molecule has 2 heterocycles. The van der Waals surface area contributed by atoms with Crippen molar-refractivity contribution < 1.29 is 4.39 Å². The zero-order chi connectivity index (χ0) is 14.8. The smallest absolute Gasteiger partial charge is 0.170 e. The number of hydrogen-bond donors (Lipinski definition) is 1. The summed E-state index contributed by atoms with van der Waals surface area (Å²) in [6, 6.07) is 1.76. The molecule has 0 aromatic carbocycles. The van der Waals surface area contributed by atoms with Crippen LogP contribution in [-0.2, 0) is 6.54 Å². The fourth-order valence-corrected chi connectivity index (χ4v) is 2.21. The number of halogens is 1. The van der Waals surface area contributed by atoms with Crippen LogP contribution in [0.2, 0.25) is 0 Å². The summed E-state index contributed by atoms with van der Waals surface area (Å²) >= 11 is 0. The molecule has 20 heavy (non-hydrogen) atoms. The van der Waals surface area contributed by atoms with Crippen LogP contribution in [0.1, 0.15) is 26.3 Å². The van der Waals surface area contributed by atoms with Gasteiger partial charge in [-0.25, -0.2) is 9.37 Å². The predicted octanol–water partition coefficient (Wildman–Crippen LogP) is 1.86. The van der Waals surface area contributed by atoms with E-state index in [0.717, 1.165) is 26.2 Å². The van der Waals surface area contributed by atoms with Crippen LogP contribution in [0, 0.1) is 5.82 Å². The van der Waals surface area contributed by atoms with Crippen molar-refractivity contribution in [1.82, 2.24) is 15.2 Å². The molecular formula is C15H25FN4. The van der Waals surface area contributed by atoms with Crippen LogP contribution in [0.25, 0.3) is 0 Å². The van der Waals surface area contributed by atoms with Crippen molar-refractivity contribution >= 4 is 5.82 Å². The van der Waals surface area contributed by atoms with Crippen LogP contribution < -0.4 is 10.2 Å². The molecule has 0 amide bonds. The fourth-order valence-electron chi connectivity index (χ4n) is 2.21. The van der Waals surface area contributed by atoms with Crippen molar-refractivity contribution in [3.63, 3.8) is 0 Å². The largest absolute Gasteiger partial charge is 0.352 e. The average molecular weight is 280 g/mol. The lowest BCUT2D eigenvalue weighted by Gasteiger charge is -2.33. The summed E-state index contributed by atoms with van der Waals surface area (Å²) < 4.78 is 14.6. The van der Waals surface area contributed by atoms with E-state index in [4.69, 9.17) is 0 Å². The van der Waals surface area contributed by atoms with E-state index >= 15 is 0 Å². The molecule has 0 spiro atoms. The van der Waals surface area contributed by atoms with Crippen molar-refractivity contribution in [3.8, 4) is 0 Å². The molecule has 0 aliphatic carbocycles. The third kappa shape index (κ3) is 3.90. The summed E-state index contributed by atoms with van der Waals surface area (Å²) in [6.07, 6.45) is 1.70. The molecule has 1 saturated heterocycles. The second-order valence-electron chi connectivity index (χ2n) is 6.50. The van der Waals surface area contributed by atoms with E-state index in [1.165, 1.54) is 0 Å². The number of piperazine rings is 1. The molecule has 1 aromatic heterocycles. The third-order valence-corrected chi connectivity index (χ3v) is 3.56. The minimum absolute atomic E-state index is 0.0241. The zero-order valence-electron chi connectivity index (χ0n) is 12.9. The Balaban J connectivity index is 2.11. The quantitative estimate of drug-likeness (QED) is 0.916. The number of rotatable bonds is 3. The summed E-state index contributed by atoms with van der Waals surface area (Å²) in [5.41, 5.74) is 0.660. The number of anilines is 1. The van der Waals surface area contributed by atoms with Gasteiger partial charge in [-0.05, 0) is 33.9 Å². The Hall–Kier alpha value is -1.20. The van der Waals surface area contributed by atoms with Crippen molar-refractivity contribution in [1.29, 1.82) is 0 Å². The fraction of sp³-hybridized carbons (Fsp3) is 0.667. The Bertz CT molecular complexity index is 448. The molecule has 0 radical (unpaired) electrons. The number of aromatic nitrogens is 1. The van der Waals surface area contributed by atoms with Crippen LogP contribution in [0.3, 0.4) is 0 Å². The molecule has 1 aromatic rings. The van der Waals surface area contributed by atoms with Crippen LogP contribution >= 0.6 is 0 Å². The highest BCUT2D eigenvalue weighted by molar-refractivity contribution is 5.43. The van der Waals surface area contributed by atoms with Gasteiger partial charge >= 0.3 is 0 Å². The number of hydrogen-bond acceptors (Lipinski definition) is 4. The molecular weight excluding hydrogens is 255 g/mol. The Morgan fingerprint density at radius 1 is 1.25 bits per heavy atom. The average Bonchev–Trinajstić information content (AvgIpc) is 2.38. The lowest BCUT2D eigenvalue weighted by Crippen LogP contribution is -2.45.